The van der Waals surface area contributed by atoms with Crippen molar-refractivity contribution in [1.29, 1.82) is 0 Å². The Morgan fingerprint density at radius 3 is 2.74 bits per heavy atom. The van der Waals surface area contributed by atoms with E-state index in [1.54, 1.807) is 0 Å². The van der Waals surface area contributed by atoms with Gasteiger partial charge in [-0.25, -0.2) is 4.98 Å². The zero-order valence-electron chi connectivity index (χ0n) is 13.4. The lowest BCUT2D eigenvalue weighted by atomic mass is 10.2. The normalized spacial score (nSPS) is 14.9. The minimum absolute atomic E-state index is 0.575. The summed E-state index contributed by atoms with van der Waals surface area (Å²) < 4.78 is 8.10. The lowest BCUT2D eigenvalue weighted by molar-refractivity contribution is 0.190. The molecule has 0 fully saturated rings. The Bertz CT molecular complexity index is 821. The fraction of sp³-hybridized carbons (Fsp3) is 0.353. The van der Waals surface area contributed by atoms with Gasteiger partial charge < -0.3 is 8.98 Å². The smallest absolute Gasteiger partial charge is 0.247 e. The van der Waals surface area contributed by atoms with E-state index in [0.29, 0.717) is 18.3 Å². The Kier molecular flexibility index (Phi) is 3.46. The standard InChI is InChI=1S/C17H19N5O/c1-12-13(2)22-9-8-21(10-15(22)18-12)11-16-19-20-17(23-16)14-6-4-3-5-7-14/h3-7H,8-11H2,1-2H3. The van der Waals surface area contributed by atoms with Crippen molar-refractivity contribution in [2.24, 2.45) is 0 Å². The lowest BCUT2D eigenvalue weighted by Crippen LogP contribution is -2.33. The van der Waals surface area contributed by atoms with Gasteiger partial charge in [0.1, 0.15) is 5.82 Å². The van der Waals surface area contributed by atoms with Gasteiger partial charge in [0.05, 0.1) is 18.8 Å². The highest BCUT2D eigenvalue weighted by Crippen LogP contribution is 2.20. The highest BCUT2D eigenvalue weighted by Gasteiger charge is 2.22. The second-order valence-electron chi connectivity index (χ2n) is 5.93. The minimum atomic E-state index is 0.575. The van der Waals surface area contributed by atoms with Crippen molar-refractivity contribution in [3.8, 4) is 11.5 Å². The average molecular weight is 309 g/mol. The Hall–Kier alpha value is -2.47. The zero-order chi connectivity index (χ0) is 15.8. The molecule has 1 aliphatic rings. The Morgan fingerprint density at radius 2 is 1.91 bits per heavy atom. The van der Waals surface area contributed by atoms with Crippen LogP contribution in [0.3, 0.4) is 0 Å². The topological polar surface area (TPSA) is 60.0 Å². The highest BCUT2D eigenvalue weighted by atomic mass is 16.4. The summed E-state index contributed by atoms with van der Waals surface area (Å²) in [4.78, 5) is 6.95. The van der Waals surface area contributed by atoms with Crippen molar-refractivity contribution in [2.45, 2.75) is 33.5 Å². The Balaban J connectivity index is 1.48. The molecular weight excluding hydrogens is 290 g/mol. The van der Waals surface area contributed by atoms with Crippen molar-refractivity contribution >= 4 is 0 Å². The van der Waals surface area contributed by atoms with E-state index in [1.165, 1.54) is 5.69 Å². The first kappa shape index (κ1) is 14.1. The summed E-state index contributed by atoms with van der Waals surface area (Å²) in [5, 5.41) is 8.33. The molecule has 0 amide bonds. The van der Waals surface area contributed by atoms with Crippen LogP contribution in [0.1, 0.15) is 23.1 Å². The summed E-state index contributed by atoms with van der Waals surface area (Å²) >= 11 is 0. The van der Waals surface area contributed by atoms with Gasteiger partial charge in [0.25, 0.3) is 0 Å². The van der Waals surface area contributed by atoms with E-state index in [9.17, 15) is 0 Å². The number of aromatic nitrogens is 4. The van der Waals surface area contributed by atoms with E-state index in [-0.39, 0.29) is 0 Å². The summed E-state index contributed by atoms with van der Waals surface area (Å²) in [6.07, 6.45) is 0. The van der Waals surface area contributed by atoms with Crippen molar-refractivity contribution in [1.82, 2.24) is 24.6 Å². The van der Waals surface area contributed by atoms with Crippen LogP contribution in [0.25, 0.3) is 11.5 Å². The van der Waals surface area contributed by atoms with Gasteiger partial charge in [0, 0.05) is 24.3 Å². The number of benzene rings is 1. The second kappa shape index (κ2) is 5.62. The number of hydrogen-bond acceptors (Lipinski definition) is 5. The van der Waals surface area contributed by atoms with Crippen LogP contribution in [0.4, 0.5) is 0 Å². The van der Waals surface area contributed by atoms with Crippen LogP contribution in [0, 0.1) is 13.8 Å². The molecular formula is C17H19N5O. The molecule has 0 saturated carbocycles. The van der Waals surface area contributed by atoms with Gasteiger partial charge in [0.2, 0.25) is 11.8 Å². The van der Waals surface area contributed by atoms with Crippen LogP contribution in [0.5, 0.6) is 0 Å². The predicted octanol–water partition coefficient (Wildman–Crippen LogP) is 2.57. The molecule has 3 aromatic rings. The first-order valence-corrected chi connectivity index (χ1v) is 7.83. The Labute approximate surface area is 134 Å². The van der Waals surface area contributed by atoms with Gasteiger partial charge in [-0.1, -0.05) is 18.2 Å². The number of aryl methyl sites for hydroxylation is 1. The molecule has 3 heterocycles. The predicted molar refractivity (Wildman–Crippen MR) is 85.5 cm³/mol. The number of fused-ring (bicyclic) bond motifs is 1. The van der Waals surface area contributed by atoms with Crippen LogP contribution in [0.2, 0.25) is 0 Å². The second-order valence-corrected chi connectivity index (χ2v) is 5.93. The molecule has 118 valence electrons. The van der Waals surface area contributed by atoms with Crippen molar-refractivity contribution < 1.29 is 4.42 Å². The van der Waals surface area contributed by atoms with Crippen LogP contribution in [0.15, 0.2) is 34.7 Å². The fourth-order valence-corrected chi connectivity index (χ4v) is 3.00. The first-order chi connectivity index (χ1) is 11.2. The van der Waals surface area contributed by atoms with Gasteiger partial charge in [-0.2, -0.15) is 0 Å². The van der Waals surface area contributed by atoms with E-state index in [0.717, 1.165) is 36.7 Å². The molecule has 1 aromatic carbocycles. The van der Waals surface area contributed by atoms with Gasteiger partial charge >= 0.3 is 0 Å². The van der Waals surface area contributed by atoms with E-state index in [4.69, 9.17) is 4.42 Å². The lowest BCUT2D eigenvalue weighted by Gasteiger charge is -2.26. The van der Waals surface area contributed by atoms with Crippen LogP contribution >= 0.6 is 0 Å². The summed E-state index contributed by atoms with van der Waals surface area (Å²) in [5.41, 5.74) is 3.33. The molecule has 4 rings (SSSR count). The molecule has 1 aliphatic heterocycles. The maximum absolute atomic E-state index is 5.80. The van der Waals surface area contributed by atoms with Crippen molar-refractivity contribution in [3.63, 3.8) is 0 Å². The minimum Gasteiger partial charge on any atom is -0.419 e. The third kappa shape index (κ3) is 2.66. The fourth-order valence-electron chi connectivity index (χ4n) is 3.00. The van der Waals surface area contributed by atoms with Crippen LogP contribution in [-0.4, -0.2) is 31.2 Å². The molecule has 0 radical (unpaired) electrons. The SMILES string of the molecule is Cc1nc2n(c1C)CCN(Cc1nnc(-c3ccccc3)o1)C2. The van der Waals surface area contributed by atoms with E-state index < -0.39 is 0 Å². The maximum Gasteiger partial charge on any atom is 0.247 e. The van der Waals surface area contributed by atoms with Crippen LogP contribution in [-0.2, 0) is 19.6 Å². The van der Waals surface area contributed by atoms with E-state index in [2.05, 4.69) is 38.5 Å². The highest BCUT2D eigenvalue weighted by molar-refractivity contribution is 5.51. The van der Waals surface area contributed by atoms with Crippen molar-refractivity contribution in [3.05, 3.63) is 53.4 Å². The summed E-state index contributed by atoms with van der Waals surface area (Å²) in [6.45, 7) is 7.59. The molecule has 6 nitrogen and oxygen atoms in total. The molecule has 2 aromatic heterocycles. The molecule has 23 heavy (non-hydrogen) atoms. The number of imidazole rings is 1. The Morgan fingerprint density at radius 1 is 1.09 bits per heavy atom. The molecule has 0 atom stereocenters. The molecule has 0 spiro atoms. The maximum atomic E-state index is 5.80. The molecule has 0 aliphatic carbocycles. The quantitative estimate of drug-likeness (QED) is 0.744. The molecule has 0 saturated heterocycles. The summed E-state index contributed by atoms with van der Waals surface area (Å²) in [7, 11) is 0. The number of hydrogen-bond donors (Lipinski definition) is 0. The van der Waals surface area contributed by atoms with Gasteiger partial charge in [-0.05, 0) is 26.0 Å². The van der Waals surface area contributed by atoms with Gasteiger partial charge in [-0.3, -0.25) is 4.90 Å². The largest absolute Gasteiger partial charge is 0.419 e. The molecule has 0 N–H and O–H groups in total. The monoisotopic (exact) mass is 309 g/mol. The third-order valence-electron chi connectivity index (χ3n) is 4.39. The van der Waals surface area contributed by atoms with E-state index in [1.807, 2.05) is 30.3 Å². The molecule has 0 unspecified atom stereocenters. The summed E-state index contributed by atoms with van der Waals surface area (Å²) in [6, 6.07) is 9.85. The van der Waals surface area contributed by atoms with Crippen LogP contribution < -0.4 is 0 Å². The number of rotatable bonds is 3. The zero-order valence-corrected chi connectivity index (χ0v) is 13.4. The summed E-state index contributed by atoms with van der Waals surface area (Å²) in [5.74, 6) is 2.34. The first-order valence-electron chi connectivity index (χ1n) is 7.83. The van der Waals surface area contributed by atoms with E-state index >= 15 is 0 Å². The van der Waals surface area contributed by atoms with Gasteiger partial charge in [-0.15, -0.1) is 10.2 Å². The third-order valence-corrected chi connectivity index (χ3v) is 4.39. The van der Waals surface area contributed by atoms with Gasteiger partial charge in [0.15, 0.2) is 0 Å². The average Bonchev–Trinajstić information content (AvgIpc) is 3.14. The number of nitrogens with zero attached hydrogens (tertiary/aromatic N) is 5. The van der Waals surface area contributed by atoms with Crippen molar-refractivity contribution in [2.75, 3.05) is 6.54 Å². The molecule has 6 heteroatoms. The molecule has 0 bridgehead atoms.